The van der Waals surface area contributed by atoms with Crippen LogP contribution in [0.5, 0.6) is 0 Å². The van der Waals surface area contributed by atoms with E-state index in [2.05, 4.69) is 38.3 Å². The van der Waals surface area contributed by atoms with Gasteiger partial charge in [0.25, 0.3) is 0 Å². The highest BCUT2D eigenvalue weighted by atomic mass is 16.2. The van der Waals surface area contributed by atoms with Crippen molar-refractivity contribution in [1.29, 1.82) is 0 Å². The standard InChI is InChI=1S/C16H29N3O2/c1-15(2)9-12(10-16(3,4)18-15)8-14(21)19-7-5-6-17-13(20)11-19/h12,18H,5-11H2,1-4H3,(H,17,20). The van der Waals surface area contributed by atoms with Crippen LogP contribution in [0.4, 0.5) is 0 Å². The summed E-state index contributed by atoms with van der Waals surface area (Å²) in [5.41, 5.74) is 0.117. The summed E-state index contributed by atoms with van der Waals surface area (Å²) in [5, 5.41) is 6.46. The van der Waals surface area contributed by atoms with Gasteiger partial charge >= 0.3 is 0 Å². The first-order valence-electron chi connectivity index (χ1n) is 8.01. The molecule has 2 rings (SSSR count). The fraction of sp³-hybridized carbons (Fsp3) is 0.875. The van der Waals surface area contributed by atoms with Crippen LogP contribution in [0.2, 0.25) is 0 Å². The molecule has 0 unspecified atom stereocenters. The van der Waals surface area contributed by atoms with Gasteiger partial charge in [-0.3, -0.25) is 9.59 Å². The van der Waals surface area contributed by atoms with Crippen LogP contribution in [0.1, 0.15) is 53.4 Å². The summed E-state index contributed by atoms with van der Waals surface area (Å²) in [6.45, 7) is 10.4. The summed E-state index contributed by atoms with van der Waals surface area (Å²) in [6, 6.07) is 0. The van der Waals surface area contributed by atoms with Crippen LogP contribution in [0.25, 0.3) is 0 Å². The van der Waals surface area contributed by atoms with E-state index in [1.54, 1.807) is 4.90 Å². The Morgan fingerprint density at radius 1 is 1.24 bits per heavy atom. The Hall–Kier alpha value is -1.10. The topological polar surface area (TPSA) is 61.4 Å². The van der Waals surface area contributed by atoms with E-state index in [1.807, 2.05) is 0 Å². The van der Waals surface area contributed by atoms with Gasteiger partial charge in [-0.05, 0) is 52.9 Å². The van der Waals surface area contributed by atoms with Crippen molar-refractivity contribution in [3.05, 3.63) is 0 Å². The molecule has 0 aromatic rings. The zero-order chi connectivity index (χ0) is 15.7. The maximum absolute atomic E-state index is 12.5. The van der Waals surface area contributed by atoms with Crippen LogP contribution < -0.4 is 10.6 Å². The van der Waals surface area contributed by atoms with E-state index < -0.39 is 0 Å². The molecule has 0 aliphatic carbocycles. The number of carbonyl (C=O) groups excluding carboxylic acids is 2. The van der Waals surface area contributed by atoms with Gasteiger partial charge in [0.05, 0.1) is 6.54 Å². The van der Waals surface area contributed by atoms with Gasteiger partial charge in [-0.25, -0.2) is 0 Å². The molecule has 0 spiro atoms. The number of hydrogen-bond acceptors (Lipinski definition) is 3. The van der Waals surface area contributed by atoms with Gasteiger partial charge < -0.3 is 15.5 Å². The third-order valence-electron chi connectivity index (χ3n) is 4.35. The summed E-state index contributed by atoms with van der Waals surface area (Å²) in [6.07, 6.45) is 3.41. The van der Waals surface area contributed by atoms with Crippen molar-refractivity contribution in [2.75, 3.05) is 19.6 Å². The second kappa shape index (κ2) is 5.95. The molecule has 2 aliphatic heterocycles. The molecular weight excluding hydrogens is 266 g/mol. The maximum atomic E-state index is 12.5. The Bertz CT molecular complexity index is 402. The minimum Gasteiger partial charge on any atom is -0.354 e. The molecule has 21 heavy (non-hydrogen) atoms. The highest BCUT2D eigenvalue weighted by Gasteiger charge is 2.38. The molecule has 2 fully saturated rings. The monoisotopic (exact) mass is 295 g/mol. The highest BCUT2D eigenvalue weighted by molar-refractivity contribution is 5.85. The molecule has 0 bridgehead atoms. The number of nitrogens with one attached hydrogen (secondary N) is 2. The Balaban J connectivity index is 1.96. The molecule has 0 radical (unpaired) electrons. The number of hydrogen-bond donors (Lipinski definition) is 2. The van der Waals surface area contributed by atoms with Gasteiger partial charge in [-0.1, -0.05) is 0 Å². The predicted molar refractivity (Wildman–Crippen MR) is 82.8 cm³/mol. The second-order valence-electron chi connectivity index (χ2n) is 7.89. The van der Waals surface area contributed by atoms with Crippen LogP contribution in [0.15, 0.2) is 0 Å². The molecule has 5 heteroatoms. The average molecular weight is 295 g/mol. The maximum Gasteiger partial charge on any atom is 0.239 e. The molecule has 0 aromatic heterocycles. The van der Waals surface area contributed by atoms with E-state index in [1.165, 1.54) is 0 Å². The quantitative estimate of drug-likeness (QED) is 0.807. The lowest BCUT2D eigenvalue weighted by molar-refractivity contribution is -0.136. The highest BCUT2D eigenvalue weighted by Crippen LogP contribution is 2.34. The fourth-order valence-electron chi connectivity index (χ4n) is 4.07. The van der Waals surface area contributed by atoms with Crippen molar-refractivity contribution in [2.24, 2.45) is 5.92 Å². The lowest BCUT2D eigenvalue weighted by Gasteiger charge is -2.46. The Kier molecular flexibility index (Phi) is 4.61. The van der Waals surface area contributed by atoms with Crippen molar-refractivity contribution in [2.45, 2.75) is 64.5 Å². The summed E-state index contributed by atoms with van der Waals surface area (Å²) >= 11 is 0. The van der Waals surface area contributed by atoms with Crippen molar-refractivity contribution in [1.82, 2.24) is 15.5 Å². The third kappa shape index (κ3) is 4.70. The van der Waals surface area contributed by atoms with Gasteiger partial charge in [-0.2, -0.15) is 0 Å². The molecule has 2 aliphatic rings. The SMILES string of the molecule is CC1(C)CC(CC(=O)N2CCCNC(=O)C2)CC(C)(C)N1. The molecule has 120 valence electrons. The summed E-state index contributed by atoms with van der Waals surface area (Å²) < 4.78 is 0. The van der Waals surface area contributed by atoms with Crippen LogP contribution in [0.3, 0.4) is 0 Å². The number of rotatable bonds is 2. The van der Waals surface area contributed by atoms with Crippen LogP contribution in [-0.2, 0) is 9.59 Å². The summed E-state index contributed by atoms with van der Waals surface area (Å²) in [7, 11) is 0. The lowest BCUT2D eigenvalue weighted by atomic mass is 9.74. The molecule has 2 N–H and O–H groups in total. The minimum atomic E-state index is -0.0354. The van der Waals surface area contributed by atoms with Crippen molar-refractivity contribution < 1.29 is 9.59 Å². The molecule has 2 saturated heterocycles. The van der Waals surface area contributed by atoms with E-state index in [9.17, 15) is 9.59 Å². The first-order valence-corrected chi connectivity index (χ1v) is 8.01. The number of amides is 2. The van der Waals surface area contributed by atoms with E-state index in [0.29, 0.717) is 25.4 Å². The predicted octanol–water partition coefficient (Wildman–Crippen LogP) is 1.28. The second-order valence-corrected chi connectivity index (χ2v) is 7.89. The van der Waals surface area contributed by atoms with E-state index in [-0.39, 0.29) is 29.4 Å². The van der Waals surface area contributed by atoms with Crippen molar-refractivity contribution in [3.8, 4) is 0 Å². The molecule has 0 aromatic carbocycles. The largest absolute Gasteiger partial charge is 0.354 e. The van der Waals surface area contributed by atoms with Gasteiger partial charge in [0.15, 0.2) is 0 Å². The van der Waals surface area contributed by atoms with Crippen molar-refractivity contribution >= 4 is 11.8 Å². The fourth-order valence-corrected chi connectivity index (χ4v) is 4.07. The first-order chi connectivity index (χ1) is 9.67. The number of nitrogens with zero attached hydrogens (tertiary/aromatic N) is 1. The van der Waals surface area contributed by atoms with Gasteiger partial charge in [0.2, 0.25) is 11.8 Å². The van der Waals surface area contributed by atoms with Crippen LogP contribution in [-0.4, -0.2) is 47.4 Å². The van der Waals surface area contributed by atoms with E-state index in [0.717, 1.165) is 19.3 Å². The Morgan fingerprint density at radius 3 is 2.48 bits per heavy atom. The number of piperidine rings is 1. The molecule has 5 nitrogen and oxygen atoms in total. The van der Waals surface area contributed by atoms with Gasteiger partial charge in [0.1, 0.15) is 0 Å². The zero-order valence-electron chi connectivity index (χ0n) is 13.8. The van der Waals surface area contributed by atoms with E-state index >= 15 is 0 Å². The molecule has 2 heterocycles. The molecular formula is C16H29N3O2. The first kappa shape index (κ1) is 16.3. The van der Waals surface area contributed by atoms with Crippen molar-refractivity contribution in [3.63, 3.8) is 0 Å². The van der Waals surface area contributed by atoms with Crippen LogP contribution >= 0.6 is 0 Å². The van der Waals surface area contributed by atoms with Gasteiger partial charge in [0, 0.05) is 30.6 Å². The Labute approximate surface area is 127 Å². The third-order valence-corrected chi connectivity index (χ3v) is 4.35. The summed E-state index contributed by atoms with van der Waals surface area (Å²) in [5.74, 6) is 0.479. The zero-order valence-corrected chi connectivity index (χ0v) is 13.8. The molecule has 0 saturated carbocycles. The molecule has 2 amide bonds. The average Bonchev–Trinajstić information content (AvgIpc) is 2.49. The number of carbonyl (C=O) groups is 2. The van der Waals surface area contributed by atoms with E-state index in [4.69, 9.17) is 0 Å². The minimum absolute atomic E-state index is 0.0354. The summed E-state index contributed by atoms with van der Waals surface area (Å²) in [4.78, 5) is 25.8. The smallest absolute Gasteiger partial charge is 0.239 e. The Morgan fingerprint density at radius 2 is 1.86 bits per heavy atom. The lowest BCUT2D eigenvalue weighted by Crippen LogP contribution is -2.58. The van der Waals surface area contributed by atoms with Gasteiger partial charge in [-0.15, -0.1) is 0 Å². The molecule has 0 atom stereocenters. The normalized spacial score (nSPS) is 26.1. The van der Waals surface area contributed by atoms with Crippen LogP contribution in [0, 0.1) is 5.92 Å².